The molecule has 146 valence electrons. The van der Waals surface area contributed by atoms with Crippen molar-refractivity contribution in [3.05, 3.63) is 71.9 Å². The Morgan fingerprint density at radius 1 is 1.07 bits per heavy atom. The van der Waals surface area contributed by atoms with Crippen molar-refractivity contribution in [3.8, 4) is 6.07 Å². The number of para-hydroxylation sites is 1. The fraction of sp³-hybridized carbons (Fsp3) is 0.261. The zero-order valence-corrected chi connectivity index (χ0v) is 16.0. The first-order valence-corrected chi connectivity index (χ1v) is 9.72. The van der Waals surface area contributed by atoms with E-state index in [1.54, 1.807) is 4.90 Å². The number of nitrogens with zero attached hydrogens (tertiary/aromatic N) is 2. The van der Waals surface area contributed by atoms with E-state index in [-0.39, 0.29) is 18.4 Å². The summed E-state index contributed by atoms with van der Waals surface area (Å²) in [6.45, 7) is 0.928. The molecule has 2 heterocycles. The van der Waals surface area contributed by atoms with Crippen LogP contribution in [-0.2, 0) is 10.2 Å². The Bertz CT molecular complexity index is 1040. The third-order valence-electron chi connectivity index (χ3n) is 5.75. The number of aromatic amines is 1. The predicted octanol–water partition coefficient (Wildman–Crippen LogP) is 2.98. The minimum absolute atomic E-state index is 0.0227. The molecule has 3 aromatic rings. The fourth-order valence-electron chi connectivity index (χ4n) is 4.14. The van der Waals surface area contributed by atoms with Gasteiger partial charge in [0, 0.05) is 24.0 Å². The highest BCUT2D eigenvalue weighted by molar-refractivity contribution is 5.98. The van der Waals surface area contributed by atoms with Crippen molar-refractivity contribution in [1.82, 2.24) is 15.2 Å². The number of fused-ring (bicyclic) bond motifs is 1. The van der Waals surface area contributed by atoms with E-state index < -0.39 is 5.41 Å². The second kappa shape index (κ2) is 7.80. The summed E-state index contributed by atoms with van der Waals surface area (Å²) in [7, 11) is 0. The van der Waals surface area contributed by atoms with Crippen LogP contribution in [0.3, 0.4) is 0 Å². The van der Waals surface area contributed by atoms with E-state index in [0.717, 1.165) is 16.5 Å². The van der Waals surface area contributed by atoms with Gasteiger partial charge in [0.05, 0.1) is 11.5 Å². The molecule has 0 radical (unpaired) electrons. The number of carbonyl (C=O) groups is 2. The zero-order chi connectivity index (χ0) is 20.3. The number of aromatic nitrogens is 1. The van der Waals surface area contributed by atoms with Gasteiger partial charge in [-0.05, 0) is 30.5 Å². The SMILES string of the molecule is N#CCNC(=O)C1(c2ccccc2)CCN(C(=O)c2cc3ccccc3[nH]2)CC1. The van der Waals surface area contributed by atoms with Crippen molar-refractivity contribution in [2.45, 2.75) is 18.3 Å². The van der Waals surface area contributed by atoms with Gasteiger partial charge in [0.2, 0.25) is 5.91 Å². The maximum absolute atomic E-state index is 13.0. The predicted molar refractivity (Wildman–Crippen MR) is 110 cm³/mol. The summed E-state index contributed by atoms with van der Waals surface area (Å²) in [6.07, 6.45) is 1.03. The molecule has 4 rings (SSSR count). The molecule has 0 aliphatic carbocycles. The smallest absolute Gasteiger partial charge is 0.270 e. The second-order valence-corrected chi connectivity index (χ2v) is 7.35. The van der Waals surface area contributed by atoms with Crippen LogP contribution in [0.15, 0.2) is 60.7 Å². The molecule has 1 aromatic heterocycles. The molecule has 2 amide bonds. The number of H-pyrrole nitrogens is 1. The van der Waals surface area contributed by atoms with Crippen molar-refractivity contribution in [2.24, 2.45) is 0 Å². The standard InChI is InChI=1S/C23H22N4O2/c24-12-13-25-22(29)23(18-7-2-1-3-8-18)10-14-27(15-11-23)21(28)20-16-17-6-4-5-9-19(17)26-20/h1-9,16,26H,10-11,13-15H2,(H,25,29). The number of amides is 2. The van der Waals surface area contributed by atoms with Gasteiger partial charge in [-0.2, -0.15) is 5.26 Å². The van der Waals surface area contributed by atoms with Gasteiger partial charge in [-0.1, -0.05) is 48.5 Å². The van der Waals surface area contributed by atoms with Crippen molar-refractivity contribution in [1.29, 1.82) is 5.26 Å². The molecule has 2 aromatic carbocycles. The van der Waals surface area contributed by atoms with E-state index in [2.05, 4.69) is 10.3 Å². The van der Waals surface area contributed by atoms with Crippen LogP contribution in [0.1, 0.15) is 28.9 Å². The van der Waals surface area contributed by atoms with Gasteiger partial charge < -0.3 is 15.2 Å². The Morgan fingerprint density at radius 3 is 2.45 bits per heavy atom. The minimum Gasteiger partial charge on any atom is -0.351 e. The van der Waals surface area contributed by atoms with Crippen molar-refractivity contribution in [2.75, 3.05) is 19.6 Å². The maximum atomic E-state index is 13.0. The van der Waals surface area contributed by atoms with Crippen molar-refractivity contribution < 1.29 is 9.59 Å². The van der Waals surface area contributed by atoms with Gasteiger partial charge in [0.1, 0.15) is 12.2 Å². The van der Waals surface area contributed by atoms with Crippen molar-refractivity contribution >= 4 is 22.7 Å². The Hall–Kier alpha value is -3.59. The quantitative estimate of drug-likeness (QED) is 0.676. The van der Waals surface area contributed by atoms with E-state index in [1.807, 2.05) is 66.7 Å². The monoisotopic (exact) mass is 386 g/mol. The molecule has 2 N–H and O–H groups in total. The second-order valence-electron chi connectivity index (χ2n) is 7.35. The van der Waals surface area contributed by atoms with Gasteiger partial charge in [-0.3, -0.25) is 9.59 Å². The summed E-state index contributed by atoms with van der Waals surface area (Å²) >= 11 is 0. The van der Waals surface area contributed by atoms with Crippen LogP contribution in [0.2, 0.25) is 0 Å². The molecule has 0 bridgehead atoms. The Labute approximate surface area is 169 Å². The zero-order valence-electron chi connectivity index (χ0n) is 16.0. The first kappa shape index (κ1) is 18.8. The number of nitrogens with one attached hydrogen (secondary N) is 2. The molecule has 0 atom stereocenters. The van der Waals surface area contributed by atoms with Gasteiger partial charge in [0.15, 0.2) is 0 Å². The normalized spacial score (nSPS) is 15.6. The maximum Gasteiger partial charge on any atom is 0.270 e. The number of piperidine rings is 1. The number of hydrogen-bond donors (Lipinski definition) is 2. The lowest BCUT2D eigenvalue weighted by Gasteiger charge is -2.40. The average Bonchev–Trinajstić information content (AvgIpc) is 3.22. The molecular formula is C23H22N4O2. The lowest BCUT2D eigenvalue weighted by molar-refractivity contribution is -0.128. The molecule has 6 heteroatoms. The third-order valence-corrected chi connectivity index (χ3v) is 5.75. The van der Waals surface area contributed by atoms with E-state index in [0.29, 0.717) is 31.6 Å². The number of hydrogen-bond acceptors (Lipinski definition) is 3. The number of carbonyl (C=O) groups excluding carboxylic acids is 2. The molecule has 0 saturated carbocycles. The number of nitriles is 1. The molecule has 29 heavy (non-hydrogen) atoms. The van der Waals surface area contributed by atoms with Gasteiger partial charge in [-0.15, -0.1) is 0 Å². The van der Waals surface area contributed by atoms with Crippen LogP contribution in [0.25, 0.3) is 10.9 Å². The lowest BCUT2D eigenvalue weighted by Crippen LogP contribution is -2.53. The van der Waals surface area contributed by atoms with Gasteiger partial charge >= 0.3 is 0 Å². The molecule has 1 aliphatic heterocycles. The molecule has 0 spiro atoms. The average molecular weight is 386 g/mol. The first-order valence-electron chi connectivity index (χ1n) is 9.72. The largest absolute Gasteiger partial charge is 0.351 e. The number of benzene rings is 2. The summed E-state index contributed by atoms with van der Waals surface area (Å²) < 4.78 is 0. The fourth-order valence-corrected chi connectivity index (χ4v) is 4.14. The summed E-state index contributed by atoms with van der Waals surface area (Å²) in [5.41, 5.74) is 1.69. The van der Waals surface area contributed by atoms with Crippen LogP contribution in [0.4, 0.5) is 0 Å². The molecular weight excluding hydrogens is 364 g/mol. The van der Waals surface area contributed by atoms with Crippen LogP contribution < -0.4 is 5.32 Å². The van der Waals surface area contributed by atoms with Gasteiger partial charge in [-0.25, -0.2) is 0 Å². The highest BCUT2D eigenvalue weighted by Gasteiger charge is 2.43. The lowest BCUT2D eigenvalue weighted by atomic mass is 9.72. The van der Waals surface area contributed by atoms with Crippen LogP contribution in [-0.4, -0.2) is 41.3 Å². The topological polar surface area (TPSA) is 89.0 Å². The molecule has 6 nitrogen and oxygen atoms in total. The Kier molecular flexibility index (Phi) is 5.05. The number of rotatable bonds is 4. The van der Waals surface area contributed by atoms with E-state index in [9.17, 15) is 9.59 Å². The summed E-state index contributed by atoms with van der Waals surface area (Å²) in [5.74, 6) is -0.205. The third kappa shape index (κ3) is 3.47. The van der Waals surface area contributed by atoms with Crippen LogP contribution in [0.5, 0.6) is 0 Å². The van der Waals surface area contributed by atoms with Gasteiger partial charge in [0.25, 0.3) is 5.91 Å². The highest BCUT2D eigenvalue weighted by Crippen LogP contribution is 2.36. The van der Waals surface area contributed by atoms with E-state index in [1.165, 1.54) is 0 Å². The molecule has 1 saturated heterocycles. The van der Waals surface area contributed by atoms with Crippen molar-refractivity contribution in [3.63, 3.8) is 0 Å². The molecule has 1 aliphatic rings. The Morgan fingerprint density at radius 2 is 1.76 bits per heavy atom. The molecule has 0 unspecified atom stereocenters. The highest BCUT2D eigenvalue weighted by atomic mass is 16.2. The van der Waals surface area contributed by atoms with Crippen LogP contribution in [0, 0.1) is 11.3 Å². The summed E-state index contributed by atoms with van der Waals surface area (Å²) in [5, 5.41) is 12.6. The first-order chi connectivity index (χ1) is 14.1. The Balaban J connectivity index is 1.55. The summed E-state index contributed by atoms with van der Waals surface area (Å²) in [4.78, 5) is 31.0. The summed E-state index contributed by atoms with van der Waals surface area (Å²) in [6, 6.07) is 21.3. The molecule has 1 fully saturated rings. The minimum atomic E-state index is -0.727. The number of likely N-dealkylation sites (tertiary alicyclic amines) is 1. The van der Waals surface area contributed by atoms with E-state index in [4.69, 9.17) is 5.26 Å². The van der Waals surface area contributed by atoms with E-state index >= 15 is 0 Å². The van der Waals surface area contributed by atoms with Crippen LogP contribution >= 0.6 is 0 Å².